The Morgan fingerprint density at radius 2 is 2.17 bits per heavy atom. The lowest BCUT2D eigenvalue weighted by Crippen LogP contribution is -2.30. The van der Waals surface area contributed by atoms with Crippen LogP contribution < -0.4 is 14.8 Å². The number of hydrogen-bond acceptors (Lipinski definition) is 5. The average molecular weight is 336 g/mol. The SMILES string of the molecule is CN1CC[C@H](CNC(=O)CCSc2ccc3c(c2)OCCO3)C1. The van der Waals surface area contributed by atoms with Crippen LogP contribution in [0.5, 0.6) is 11.5 Å². The van der Waals surface area contributed by atoms with E-state index >= 15 is 0 Å². The summed E-state index contributed by atoms with van der Waals surface area (Å²) in [7, 11) is 2.13. The standard InChI is InChI=1S/C17H24N2O3S/c1-19-6-4-13(12-19)11-18-17(20)5-9-23-14-2-3-15-16(10-14)22-8-7-21-15/h2-3,10,13H,4-9,11-12H2,1H3,(H,18,20)/t13-/m1/s1. The molecule has 2 heterocycles. The molecule has 1 aromatic carbocycles. The van der Waals surface area contributed by atoms with Gasteiger partial charge in [0, 0.05) is 30.2 Å². The number of fused-ring (bicyclic) bond motifs is 1. The summed E-state index contributed by atoms with van der Waals surface area (Å²) < 4.78 is 11.1. The van der Waals surface area contributed by atoms with Gasteiger partial charge >= 0.3 is 0 Å². The number of thioether (sulfide) groups is 1. The monoisotopic (exact) mass is 336 g/mol. The Hall–Kier alpha value is -1.40. The van der Waals surface area contributed by atoms with Crippen molar-refractivity contribution < 1.29 is 14.3 Å². The van der Waals surface area contributed by atoms with Crippen molar-refractivity contribution in [3.8, 4) is 11.5 Å². The van der Waals surface area contributed by atoms with Crippen molar-refractivity contribution >= 4 is 17.7 Å². The first kappa shape index (κ1) is 16.5. The van der Waals surface area contributed by atoms with Gasteiger partial charge in [-0.2, -0.15) is 0 Å². The molecule has 0 spiro atoms. The Balaban J connectivity index is 1.36. The minimum atomic E-state index is 0.143. The van der Waals surface area contributed by atoms with Crippen molar-refractivity contribution in [1.82, 2.24) is 10.2 Å². The fourth-order valence-corrected chi connectivity index (χ4v) is 3.79. The zero-order valence-electron chi connectivity index (χ0n) is 13.5. The van der Waals surface area contributed by atoms with Crippen molar-refractivity contribution in [3.63, 3.8) is 0 Å². The predicted molar refractivity (Wildman–Crippen MR) is 91.4 cm³/mol. The topological polar surface area (TPSA) is 50.8 Å². The van der Waals surface area contributed by atoms with Gasteiger partial charge in [-0.15, -0.1) is 11.8 Å². The largest absolute Gasteiger partial charge is 0.486 e. The van der Waals surface area contributed by atoms with Crippen molar-refractivity contribution in [2.24, 2.45) is 5.92 Å². The molecule has 126 valence electrons. The van der Waals surface area contributed by atoms with E-state index in [0.717, 1.165) is 41.8 Å². The van der Waals surface area contributed by atoms with Crippen LogP contribution >= 0.6 is 11.8 Å². The zero-order valence-corrected chi connectivity index (χ0v) is 14.4. The molecule has 0 radical (unpaired) electrons. The lowest BCUT2D eigenvalue weighted by Gasteiger charge is -2.18. The van der Waals surface area contributed by atoms with Gasteiger partial charge in [-0.05, 0) is 44.1 Å². The van der Waals surface area contributed by atoms with Crippen molar-refractivity contribution in [1.29, 1.82) is 0 Å². The van der Waals surface area contributed by atoms with Crippen molar-refractivity contribution in [2.45, 2.75) is 17.7 Å². The molecule has 1 atom stereocenters. The third-order valence-electron chi connectivity index (χ3n) is 4.19. The normalized spacial score (nSPS) is 20.5. The number of nitrogens with one attached hydrogen (secondary N) is 1. The number of benzene rings is 1. The van der Waals surface area contributed by atoms with Gasteiger partial charge in [0.15, 0.2) is 11.5 Å². The molecule has 2 aliphatic heterocycles. The van der Waals surface area contributed by atoms with Gasteiger partial charge in [0.05, 0.1) is 0 Å². The van der Waals surface area contributed by atoms with E-state index in [9.17, 15) is 4.79 Å². The molecule has 0 aromatic heterocycles. The minimum Gasteiger partial charge on any atom is -0.486 e. The molecule has 1 saturated heterocycles. The Bertz CT molecular complexity index is 553. The molecule has 3 rings (SSSR count). The van der Waals surface area contributed by atoms with Gasteiger partial charge in [-0.1, -0.05) is 0 Å². The van der Waals surface area contributed by atoms with Gasteiger partial charge in [-0.25, -0.2) is 0 Å². The number of hydrogen-bond donors (Lipinski definition) is 1. The van der Waals surface area contributed by atoms with E-state index in [0.29, 0.717) is 25.6 Å². The van der Waals surface area contributed by atoms with Crippen LogP contribution in [0.3, 0.4) is 0 Å². The molecule has 0 bridgehead atoms. The van der Waals surface area contributed by atoms with Gasteiger partial charge in [0.2, 0.25) is 5.91 Å². The summed E-state index contributed by atoms with van der Waals surface area (Å²) in [5, 5.41) is 3.06. The smallest absolute Gasteiger partial charge is 0.220 e. The van der Waals surface area contributed by atoms with Crippen LogP contribution in [0.1, 0.15) is 12.8 Å². The highest BCUT2D eigenvalue weighted by Gasteiger charge is 2.19. The maximum absolute atomic E-state index is 11.9. The van der Waals surface area contributed by atoms with Gasteiger partial charge in [-0.3, -0.25) is 4.79 Å². The first-order valence-corrected chi connectivity index (χ1v) is 9.17. The summed E-state index contributed by atoms with van der Waals surface area (Å²) in [5.74, 6) is 3.13. The van der Waals surface area contributed by atoms with Gasteiger partial charge in [0.1, 0.15) is 13.2 Å². The average Bonchev–Trinajstić information content (AvgIpc) is 2.98. The first-order chi connectivity index (χ1) is 11.2. The first-order valence-electron chi connectivity index (χ1n) is 8.18. The molecule has 0 aliphatic carbocycles. The van der Waals surface area contributed by atoms with E-state index < -0.39 is 0 Å². The fraction of sp³-hybridized carbons (Fsp3) is 0.588. The van der Waals surface area contributed by atoms with Crippen LogP contribution in [0.2, 0.25) is 0 Å². The highest BCUT2D eigenvalue weighted by atomic mass is 32.2. The molecule has 1 amide bonds. The summed E-state index contributed by atoms with van der Waals surface area (Å²) in [6.07, 6.45) is 1.73. The second kappa shape index (κ2) is 7.93. The van der Waals surface area contributed by atoms with E-state index in [-0.39, 0.29) is 5.91 Å². The third-order valence-corrected chi connectivity index (χ3v) is 5.18. The van der Waals surface area contributed by atoms with E-state index in [1.54, 1.807) is 11.8 Å². The quantitative estimate of drug-likeness (QED) is 0.806. The van der Waals surface area contributed by atoms with Crippen molar-refractivity contribution in [3.05, 3.63) is 18.2 Å². The molecule has 1 fully saturated rings. The minimum absolute atomic E-state index is 0.143. The van der Waals surface area contributed by atoms with Crippen LogP contribution in [-0.2, 0) is 4.79 Å². The van der Waals surface area contributed by atoms with Crippen LogP contribution in [0.4, 0.5) is 0 Å². The maximum atomic E-state index is 11.9. The maximum Gasteiger partial charge on any atom is 0.220 e. The summed E-state index contributed by atoms with van der Waals surface area (Å²) in [6.45, 7) is 4.24. The highest BCUT2D eigenvalue weighted by Crippen LogP contribution is 2.34. The molecule has 23 heavy (non-hydrogen) atoms. The number of likely N-dealkylation sites (tertiary alicyclic amines) is 1. The summed E-state index contributed by atoms with van der Waals surface area (Å²) in [5.41, 5.74) is 0. The van der Waals surface area contributed by atoms with E-state index in [1.165, 1.54) is 6.42 Å². The number of rotatable bonds is 6. The summed E-state index contributed by atoms with van der Waals surface area (Å²) >= 11 is 1.68. The third kappa shape index (κ3) is 4.78. The van der Waals surface area contributed by atoms with Crippen LogP contribution in [-0.4, -0.2) is 56.5 Å². The Morgan fingerprint density at radius 3 is 2.96 bits per heavy atom. The number of amides is 1. The number of ether oxygens (including phenoxy) is 2. The van der Waals surface area contributed by atoms with E-state index in [4.69, 9.17) is 9.47 Å². The van der Waals surface area contributed by atoms with Crippen LogP contribution in [0.15, 0.2) is 23.1 Å². The van der Waals surface area contributed by atoms with Crippen LogP contribution in [0, 0.1) is 5.92 Å². The van der Waals surface area contributed by atoms with Gasteiger partial charge in [0.25, 0.3) is 0 Å². The lowest BCUT2D eigenvalue weighted by molar-refractivity contribution is -0.120. The Labute approximate surface area is 141 Å². The van der Waals surface area contributed by atoms with Crippen LogP contribution in [0.25, 0.3) is 0 Å². The molecule has 6 heteroatoms. The predicted octanol–water partition coefficient (Wildman–Crippen LogP) is 2.01. The Kier molecular flexibility index (Phi) is 5.67. The molecule has 0 unspecified atom stereocenters. The molecule has 2 aliphatic rings. The van der Waals surface area contributed by atoms with E-state index in [1.807, 2.05) is 18.2 Å². The molecule has 1 N–H and O–H groups in total. The Morgan fingerprint density at radius 1 is 1.35 bits per heavy atom. The molecule has 1 aromatic rings. The number of carbonyl (C=O) groups excluding carboxylic acids is 1. The second-order valence-electron chi connectivity index (χ2n) is 6.12. The second-order valence-corrected chi connectivity index (χ2v) is 7.29. The van der Waals surface area contributed by atoms with Gasteiger partial charge < -0.3 is 19.7 Å². The molecular weight excluding hydrogens is 312 g/mol. The summed E-state index contributed by atoms with van der Waals surface area (Å²) in [6, 6.07) is 5.95. The number of nitrogens with zero attached hydrogens (tertiary/aromatic N) is 1. The fourth-order valence-electron chi connectivity index (χ4n) is 2.91. The summed E-state index contributed by atoms with van der Waals surface area (Å²) in [4.78, 5) is 15.3. The lowest BCUT2D eigenvalue weighted by atomic mass is 10.1. The number of carbonyl (C=O) groups is 1. The molecule has 5 nitrogen and oxygen atoms in total. The van der Waals surface area contributed by atoms with Crippen molar-refractivity contribution in [2.75, 3.05) is 45.6 Å². The molecular formula is C17H24N2O3S. The molecule has 0 saturated carbocycles. The van der Waals surface area contributed by atoms with E-state index in [2.05, 4.69) is 17.3 Å². The zero-order chi connectivity index (χ0) is 16.1. The highest BCUT2D eigenvalue weighted by molar-refractivity contribution is 7.99.